The summed E-state index contributed by atoms with van der Waals surface area (Å²) >= 11 is 1.41. The Morgan fingerprint density at radius 3 is 2.73 bits per heavy atom. The van der Waals surface area contributed by atoms with Crippen molar-refractivity contribution in [1.82, 2.24) is 4.98 Å². The number of amides is 1. The van der Waals surface area contributed by atoms with E-state index < -0.39 is 27.2 Å². The monoisotopic (exact) mass is 615 g/mol. The molecule has 3 aliphatic rings. The quantitative estimate of drug-likeness (QED) is 0.192. The van der Waals surface area contributed by atoms with Crippen LogP contribution in [0.4, 0.5) is 5.13 Å². The lowest BCUT2D eigenvalue weighted by Crippen LogP contribution is -2.45. The number of anilines is 1. The number of carbonyl (C=O) groups is 1. The van der Waals surface area contributed by atoms with Gasteiger partial charge in [0.2, 0.25) is 5.91 Å². The molecule has 0 radical (unpaired) electrons. The van der Waals surface area contributed by atoms with E-state index in [1.165, 1.54) is 11.3 Å². The van der Waals surface area contributed by atoms with Crippen molar-refractivity contribution in [3.05, 3.63) is 40.4 Å². The first-order chi connectivity index (χ1) is 18.8. The molecule has 15 heteroatoms. The lowest BCUT2D eigenvalue weighted by atomic mass is 9.53. The zero-order chi connectivity index (χ0) is 28.9. The van der Waals surface area contributed by atoms with Crippen LogP contribution in [0, 0.1) is 30.1 Å². The summed E-state index contributed by atoms with van der Waals surface area (Å²) in [5.41, 5.74) is 1.72. The van der Waals surface area contributed by atoms with Gasteiger partial charge in [-0.3, -0.25) is 14.2 Å². The molecule has 0 spiro atoms. The summed E-state index contributed by atoms with van der Waals surface area (Å²) in [6.45, 7) is 3.99. The number of aryl methyl sites for hydroxylation is 2. The van der Waals surface area contributed by atoms with Gasteiger partial charge in [0.1, 0.15) is 5.75 Å². The maximum atomic E-state index is 12.8. The number of phosphoric acid groups is 2. The van der Waals surface area contributed by atoms with E-state index in [0.29, 0.717) is 24.4 Å². The lowest BCUT2D eigenvalue weighted by Gasteiger charge is -2.52. The van der Waals surface area contributed by atoms with Crippen LogP contribution in [0.3, 0.4) is 0 Å². The van der Waals surface area contributed by atoms with Gasteiger partial charge in [0.15, 0.2) is 5.13 Å². The predicted molar refractivity (Wildman–Crippen MR) is 147 cm³/mol. The van der Waals surface area contributed by atoms with E-state index in [0.717, 1.165) is 35.3 Å². The summed E-state index contributed by atoms with van der Waals surface area (Å²) in [5.74, 6) is 5.51. The van der Waals surface area contributed by atoms with E-state index in [2.05, 4.69) is 21.8 Å². The van der Waals surface area contributed by atoms with Crippen LogP contribution in [0.15, 0.2) is 24.4 Å². The summed E-state index contributed by atoms with van der Waals surface area (Å²) in [4.78, 5) is 46.9. The summed E-state index contributed by atoms with van der Waals surface area (Å²) in [6.07, 6.45) is 5.49. The number of fused-ring (bicyclic) bond motifs is 5. The zero-order valence-electron chi connectivity index (χ0n) is 22.3. The first-order valence-corrected chi connectivity index (χ1v) is 17.1. The van der Waals surface area contributed by atoms with Crippen LogP contribution < -0.4 is 15.7 Å². The number of benzene rings is 1. The van der Waals surface area contributed by atoms with Gasteiger partial charge < -0.3 is 19.6 Å². The second-order valence-corrected chi connectivity index (χ2v) is 15.1. The highest BCUT2D eigenvalue weighted by molar-refractivity contribution is 7.47. The van der Waals surface area contributed by atoms with E-state index in [1.807, 2.05) is 13.0 Å². The molecule has 7 unspecified atom stereocenters. The van der Waals surface area contributed by atoms with Gasteiger partial charge in [-0.05, 0) is 97.8 Å². The zero-order valence-corrected chi connectivity index (χ0v) is 24.9. The van der Waals surface area contributed by atoms with Crippen molar-refractivity contribution >= 4 is 38.0 Å². The highest BCUT2D eigenvalue weighted by atomic mass is 32.1. The minimum absolute atomic E-state index is 0.0456. The molecule has 2 aromatic rings. The molecule has 0 bridgehead atoms. The minimum atomic E-state index is -4.71. The maximum absolute atomic E-state index is 12.8. The first-order valence-electron chi connectivity index (χ1n) is 13.3. The summed E-state index contributed by atoms with van der Waals surface area (Å²) in [5, 5.41) is 3.42. The molecule has 2 saturated carbocycles. The Morgan fingerprint density at radius 1 is 1.27 bits per heavy atom. The normalized spacial score (nSPS) is 31.0. The summed E-state index contributed by atoms with van der Waals surface area (Å²) in [6, 6.07) is 5.29. The highest BCUT2D eigenvalue weighted by Gasteiger charge is 2.60. The Labute approximate surface area is 236 Å². The Balaban J connectivity index is 1.37. The second kappa shape index (κ2) is 11.2. The van der Waals surface area contributed by atoms with Crippen LogP contribution in [0.25, 0.3) is 0 Å². The van der Waals surface area contributed by atoms with Crippen molar-refractivity contribution in [3.63, 3.8) is 0 Å². The molecule has 40 heavy (non-hydrogen) atoms. The highest BCUT2D eigenvalue weighted by Crippen LogP contribution is 2.66. The molecule has 7 atom stereocenters. The minimum Gasteiger partial charge on any atom is -0.403 e. The summed E-state index contributed by atoms with van der Waals surface area (Å²) < 4.78 is 38.2. The van der Waals surface area contributed by atoms with Crippen molar-refractivity contribution < 1.29 is 42.3 Å². The van der Waals surface area contributed by atoms with Crippen molar-refractivity contribution in [2.24, 2.45) is 29.1 Å². The van der Waals surface area contributed by atoms with Crippen LogP contribution >= 0.6 is 27.0 Å². The molecule has 0 aliphatic heterocycles. The van der Waals surface area contributed by atoms with Crippen LogP contribution in [0.2, 0.25) is 0 Å². The van der Waals surface area contributed by atoms with Gasteiger partial charge in [-0.2, -0.15) is 4.62 Å². The molecule has 1 amide bonds. The maximum Gasteiger partial charge on any atom is 0.544 e. The number of nitrogens with two attached hydrogens (primary N) is 1. The number of carbonyl (C=O) groups excluding carboxylic acids is 1. The molecule has 3 aliphatic carbocycles. The number of rotatable bonds is 9. The van der Waals surface area contributed by atoms with Crippen LogP contribution in [-0.4, -0.2) is 31.7 Å². The lowest BCUT2D eigenvalue weighted by molar-refractivity contribution is -0.116. The van der Waals surface area contributed by atoms with Gasteiger partial charge >= 0.3 is 15.6 Å². The number of nitrogens with zero attached hydrogens (tertiary/aromatic N) is 1. The molecule has 0 saturated heterocycles. The van der Waals surface area contributed by atoms with Gasteiger partial charge in [0.05, 0.1) is 6.10 Å². The number of phosphoric ester groups is 2. The molecular weight excluding hydrogens is 580 g/mol. The number of aromatic nitrogens is 1. The Morgan fingerprint density at radius 2 is 2.05 bits per heavy atom. The second-order valence-electron chi connectivity index (χ2n) is 11.3. The standard InChI is InChI=1S/C25H35N3O9P2S/c1-14-13-27-24(40-14)28-22(29)8-4-16-12-21(36-38(30,31)32)25(2)10-9-19-18-7-5-17(35-39(33,34)37-26)11-15(18)3-6-20(19)23(16)25/h5,7,11,13,16,19-21,23H,3-4,6,8-10,12,26H2,1-2H3,(H,33,34)(H,27,28,29)(H2,30,31,32). The SMILES string of the molecule is Cc1cnc(NC(=O)CCC2CC(OP(=O)(O)O)C3(C)CCC4c5ccc(OP(=O)(O)ON)cc5CCC4C23)s1. The van der Waals surface area contributed by atoms with E-state index >= 15 is 0 Å². The van der Waals surface area contributed by atoms with Crippen LogP contribution in [0.1, 0.15) is 67.4 Å². The van der Waals surface area contributed by atoms with E-state index in [4.69, 9.17) is 14.9 Å². The average molecular weight is 616 g/mol. The van der Waals surface area contributed by atoms with Gasteiger partial charge in [0, 0.05) is 17.5 Å². The van der Waals surface area contributed by atoms with Gasteiger partial charge in [-0.1, -0.05) is 13.0 Å². The number of hydrogen-bond acceptors (Lipinski definition) is 9. The van der Waals surface area contributed by atoms with E-state index in [1.54, 1.807) is 18.3 Å². The fraction of sp³-hybridized carbons (Fsp3) is 0.600. The Bertz CT molecular complexity index is 1370. The molecule has 1 heterocycles. The smallest absolute Gasteiger partial charge is 0.403 e. The van der Waals surface area contributed by atoms with Crippen molar-refractivity contribution in [2.75, 3.05) is 5.32 Å². The molecule has 5 rings (SSSR count). The van der Waals surface area contributed by atoms with Crippen molar-refractivity contribution in [3.8, 4) is 5.75 Å². The third kappa shape index (κ3) is 6.23. The van der Waals surface area contributed by atoms with Crippen LogP contribution in [-0.2, 0) is 29.5 Å². The Hall–Kier alpha value is -1.66. The Kier molecular flexibility index (Phi) is 8.35. The summed E-state index contributed by atoms with van der Waals surface area (Å²) in [7, 11) is -9.10. The number of nitrogens with one attached hydrogen (secondary N) is 1. The van der Waals surface area contributed by atoms with E-state index in [-0.39, 0.29) is 41.7 Å². The first kappa shape index (κ1) is 29.8. The molecule has 12 nitrogen and oxygen atoms in total. The third-order valence-electron chi connectivity index (χ3n) is 8.98. The van der Waals surface area contributed by atoms with Crippen molar-refractivity contribution in [1.29, 1.82) is 0 Å². The van der Waals surface area contributed by atoms with E-state index in [9.17, 15) is 28.6 Å². The molecule has 1 aromatic carbocycles. The van der Waals surface area contributed by atoms with Crippen LogP contribution in [0.5, 0.6) is 5.75 Å². The molecule has 2 fully saturated rings. The fourth-order valence-electron chi connectivity index (χ4n) is 7.54. The van der Waals surface area contributed by atoms with Crippen molar-refractivity contribution in [2.45, 2.75) is 70.8 Å². The predicted octanol–water partition coefficient (Wildman–Crippen LogP) is 4.80. The number of thiazole rings is 1. The third-order valence-corrected chi connectivity index (χ3v) is 11.0. The van der Waals surface area contributed by atoms with Gasteiger partial charge in [-0.15, -0.1) is 11.3 Å². The molecule has 6 N–H and O–H groups in total. The number of hydrogen-bond donors (Lipinski definition) is 5. The van der Waals surface area contributed by atoms with Gasteiger partial charge in [0.25, 0.3) is 0 Å². The molecule has 1 aromatic heterocycles. The topological polar surface area (TPSA) is 191 Å². The molecular formula is C25H35N3O9P2S. The molecule has 220 valence electrons. The van der Waals surface area contributed by atoms with Gasteiger partial charge in [-0.25, -0.2) is 20.0 Å². The largest absolute Gasteiger partial charge is 0.544 e. The fourth-order valence-corrected chi connectivity index (χ4v) is 9.30. The average Bonchev–Trinajstić information content (AvgIpc) is 3.40.